The third kappa shape index (κ3) is 5.16. The van der Waals surface area contributed by atoms with Crippen molar-refractivity contribution in [2.24, 2.45) is 0 Å². The minimum Gasteiger partial charge on any atom is -0.311 e. The number of rotatable bonds is 6. The molecule has 226 valence electrons. The van der Waals surface area contributed by atoms with Crippen LogP contribution in [0.3, 0.4) is 0 Å². The van der Waals surface area contributed by atoms with Gasteiger partial charge in [-0.2, -0.15) is 0 Å². The maximum atomic E-state index is 4.83. The summed E-state index contributed by atoms with van der Waals surface area (Å²) in [5, 5.41) is 4.52. The second kappa shape index (κ2) is 11.7. The summed E-state index contributed by atoms with van der Waals surface area (Å²) >= 11 is 0. The minimum atomic E-state index is 0.291. The largest absolute Gasteiger partial charge is 0.311 e. The molecule has 5 nitrogen and oxygen atoms in total. The van der Waals surface area contributed by atoms with Crippen LogP contribution < -0.4 is 15.3 Å². The fourth-order valence-electron chi connectivity index (χ4n) is 6.64. The molecule has 0 fully saturated rings. The molecule has 4 aromatic carbocycles. The van der Waals surface area contributed by atoms with Gasteiger partial charge < -0.3 is 9.30 Å². The normalized spacial score (nSPS) is 13.7. The Morgan fingerprint density at radius 1 is 0.708 bits per heavy atom. The van der Waals surface area contributed by atoms with Crippen molar-refractivity contribution in [1.82, 2.24) is 19.4 Å². The number of hydrogen-bond donors (Lipinski definition) is 0. The molecule has 48 heavy (non-hydrogen) atoms. The van der Waals surface area contributed by atoms with Crippen molar-refractivity contribution in [2.75, 3.05) is 4.90 Å². The van der Waals surface area contributed by atoms with E-state index in [2.05, 4.69) is 141 Å². The summed E-state index contributed by atoms with van der Waals surface area (Å²) in [7, 11) is 0. The van der Waals surface area contributed by atoms with Crippen LogP contribution >= 0.6 is 0 Å². The SMILES string of the molecule is c1ncc2c(c#1)=CCC(c1ccc(N(c3ccc(-c4ccc5ccncc5c4)cc3)c3ccc(-c4cn5ccccc5n4)cc3)cc1)C=2. The second-order valence-electron chi connectivity index (χ2n) is 12.1. The molecule has 8 aromatic rings. The molecule has 0 radical (unpaired) electrons. The number of imidazole rings is 1. The molecule has 5 heteroatoms. The first kappa shape index (κ1) is 27.8. The molecule has 1 unspecified atom stereocenters. The van der Waals surface area contributed by atoms with Crippen LogP contribution in [0.4, 0.5) is 17.1 Å². The smallest absolute Gasteiger partial charge is 0.137 e. The third-order valence-electron chi connectivity index (χ3n) is 9.19. The van der Waals surface area contributed by atoms with Crippen LogP contribution in [0.15, 0.2) is 146 Å². The summed E-state index contributed by atoms with van der Waals surface area (Å²) in [4.78, 5) is 15.6. The average Bonchev–Trinajstić information content (AvgIpc) is 3.60. The number of hydrogen-bond acceptors (Lipinski definition) is 4. The average molecular weight is 616 g/mol. The first-order chi connectivity index (χ1) is 23.7. The topological polar surface area (TPSA) is 46.3 Å². The minimum absolute atomic E-state index is 0.291. The van der Waals surface area contributed by atoms with Crippen molar-refractivity contribution < 1.29 is 0 Å². The molecule has 0 N–H and O–H groups in total. The van der Waals surface area contributed by atoms with Crippen LogP contribution in [0, 0.1) is 12.3 Å². The zero-order valence-electron chi connectivity index (χ0n) is 26.0. The molecule has 1 aliphatic rings. The monoisotopic (exact) mass is 615 g/mol. The van der Waals surface area contributed by atoms with Crippen molar-refractivity contribution in [3.8, 4) is 22.4 Å². The highest BCUT2D eigenvalue weighted by molar-refractivity contribution is 5.87. The van der Waals surface area contributed by atoms with E-state index >= 15 is 0 Å². The Balaban J connectivity index is 1.07. The van der Waals surface area contributed by atoms with Gasteiger partial charge in [-0.25, -0.2) is 9.97 Å². The third-order valence-corrected chi connectivity index (χ3v) is 9.19. The van der Waals surface area contributed by atoms with Crippen LogP contribution in [0.1, 0.15) is 17.9 Å². The molecule has 9 rings (SSSR count). The fraction of sp³-hybridized carbons (Fsp3) is 0.0465. The maximum Gasteiger partial charge on any atom is 0.137 e. The number of pyridine rings is 2. The number of anilines is 3. The van der Waals surface area contributed by atoms with Gasteiger partial charge in [-0.15, -0.1) is 0 Å². The standard InChI is InChI=1S/C43H29N5/c1-2-24-47-29-42(46-43(47)3-1)34-12-18-41(19-13-34)48(39-14-8-30(9-15-39)35-6-4-32-20-22-44-27-37(32)25-35)40-16-10-31(11-17-40)36-7-5-33-21-23-45-28-38(33)26-36/h1-6,8-20,22,24-29,36H,7H2. The van der Waals surface area contributed by atoms with Gasteiger partial charge >= 0.3 is 0 Å². The Morgan fingerprint density at radius 2 is 1.46 bits per heavy atom. The highest BCUT2D eigenvalue weighted by Crippen LogP contribution is 2.38. The molecule has 0 bridgehead atoms. The molecule has 4 heterocycles. The molecule has 1 aliphatic carbocycles. The molecular formula is C43H29N5. The van der Waals surface area contributed by atoms with E-state index in [4.69, 9.17) is 4.98 Å². The molecule has 0 aliphatic heterocycles. The predicted molar refractivity (Wildman–Crippen MR) is 193 cm³/mol. The number of aromatic nitrogens is 4. The van der Waals surface area contributed by atoms with E-state index in [1.807, 2.05) is 49.1 Å². The Bertz CT molecular complexity index is 2500. The molecular weight excluding hydrogens is 587 g/mol. The summed E-state index contributed by atoms with van der Waals surface area (Å²) in [6, 6.07) is 44.2. The molecule has 0 saturated carbocycles. The lowest BCUT2D eigenvalue weighted by atomic mass is 9.91. The van der Waals surface area contributed by atoms with Crippen molar-refractivity contribution in [2.45, 2.75) is 12.3 Å². The summed E-state index contributed by atoms with van der Waals surface area (Å²) in [5.41, 5.74) is 9.82. The van der Waals surface area contributed by atoms with Gasteiger partial charge in [0.2, 0.25) is 0 Å². The van der Waals surface area contributed by atoms with Gasteiger partial charge in [-0.05, 0) is 95.2 Å². The fourth-order valence-corrected chi connectivity index (χ4v) is 6.64. The highest BCUT2D eigenvalue weighted by Gasteiger charge is 2.16. The molecule has 0 saturated heterocycles. The molecule has 0 spiro atoms. The lowest BCUT2D eigenvalue weighted by molar-refractivity contribution is 0.919. The van der Waals surface area contributed by atoms with Gasteiger partial charge in [-0.3, -0.25) is 4.98 Å². The van der Waals surface area contributed by atoms with Crippen molar-refractivity contribution in [1.29, 1.82) is 0 Å². The zero-order chi connectivity index (χ0) is 31.9. The van der Waals surface area contributed by atoms with Gasteiger partial charge in [0.25, 0.3) is 0 Å². The van der Waals surface area contributed by atoms with Crippen LogP contribution in [0.25, 0.3) is 51.0 Å². The van der Waals surface area contributed by atoms with Crippen molar-refractivity contribution >= 4 is 45.6 Å². The van der Waals surface area contributed by atoms with E-state index in [9.17, 15) is 0 Å². The van der Waals surface area contributed by atoms with E-state index in [1.54, 1.807) is 0 Å². The number of fused-ring (bicyclic) bond motifs is 3. The lowest BCUT2D eigenvalue weighted by Crippen LogP contribution is -2.27. The van der Waals surface area contributed by atoms with Gasteiger partial charge in [-0.1, -0.05) is 66.7 Å². The van der Waals surface area contributed by atoms with E-state index in [0.29, 0.717) is 5.92 Å². The Hall–Kier alpha value is -6.51. The second-order valence-corrected chi connectivity index (χ2v) is 12.1. The Kier molecular flexibility index (Phi) is 6.76. The van der Waals surface area contributed by atoms with Crippen LogP contribution in [0.5, 0.6) is 0 Å². The molecule has 0 amide bonds. The van der Waals surface area contributed by atoms with Gasteiger partial charge in [0.1, 0.15) is 5.65 Å². The van der Waals surface area contributed by atoms with Gasteiger partial charge in [0.15, 0.2) is 0 Å². The maximum absolute atomic E-state index is 4.83. The number of nitrogens with zero attached hydrogens (tertiary/aromatic N) is 5. The van der Waals surface area contributed by atoms with Gasteiger partial charge in [0, 0.05) is 81.5 Å². The summed E-state index contributed by atoms with van der Waals surface area (Å²) in [6.07, 6.45) is 18.0. The summed E-state index contributed by atoms with van der Waals surface area (Å²) in [6.45, 7) is 0. The van der Waals surface area contributed by atoms with E-state index in [-0.39, 0.29) is 0 Å². The Morgan fingerprint density at radius 3 is 2.25 bits per heavy atom. The quantitative estimate of drug-likeness (QED) is 0.188. The van der Waals surface area contributed by atoms with Gasteiger partial charge in [0.05, 0.1) is 5.69 Å². The van der Waals surface area contributed by atoms with Crippen molar-refractivity contribution in [3.63, 3.8) is 0 Å². The van der Waals surface area contributed by atoms with Crippen LogP contribution in [0.2, 0.25) is 0 Å². The summed E-state index contributed by atoms with van der Waals surface area (Å²) in [5.74, 6) is 0.291. The lowest BCUT2D eigenvalue weighted by Gasteiger charge is -2.26. The van der Waals surface area contributed by atoms with Crippen LogP contribution in [-0.4, -0.2) is 19.4 Å². The van der Waals surface area contributed by atoms with Crippen LogP contribution in [-0.2, 0) is 0 Å². The Labute approximate surface area is 278 Å². The first-order valence-corrected chi connectivity index (χ1v) is 16.1. The predicted octanol–water partition coefficient (Wildman–Crippen LogP) is 8.43. The summed E-state index contributed by atoms with van der Waals surface area (Å²) < 4.78 is 2.05. The first-order valence-electron chi connectivity index (χ1n) is 16.1. The van der Waals surface area contributed by atoms with E-state index < -0.39 is 0 Å². The molecule has 1 atom stereocenters. The van der Waals surface area contributed by atoms with Crippen molar-refractivity contribution in [3.05, 3.63) is 175 Å². The number of benzene rings is 4. The van der Waals surface area contributed by atoms with E-state index in [0.717, 1.165) is 61.8 Å². The highest BCUT2D eigenvalue weighted by atomic mass is 15.1. The molecule has 4 aromatic heterocycles. The zero-order valence-corrected chi connectivity index (χ0v) is 26.0. The van der Waals surface area contributed by atoms with E-state index in [1.165, 1.54) is 16.5 Å².